The highest BCUT2D eigenvalue weighted by molar-refractivity contribution is 6.31. The number of ether oxygens (including phenoxy) is 1. The molecule has 0 aliphatic heterocycles. The first kappa shape index (κ1) is 15.9. The van der Waals surface area contributed by atoms with Gasteiger partial charge in [0.1, 0.15) is 11.5 Å². The molecule has 0 aromatic heterocycles. The molecule has 0 fully saturated rings. The van der Waals surface area contributed by atoms with Gasteiger partial charge in [0.2, 0.25) is 0 Å². The first-order valence-electron chi connectivity index (χ1n) is 7.43. The molecule has 2 aromatic rings. The SMILES string of the molecule is CCc1ccc(Oc2cccc(Cl)c2CC(N)CC)cc1. The minimum absolute atomic E-state index is 0.0923. The Balaban J connectivity index is 2.23. The van der Waals surface area contributed by atoms with E-state index in [2.05, 4.69) is 26.0 Å². The topological polar surface area (TPSA) is 35.2 Å². The van der Waals surface area contributed by atoms with Crippen molar-refractivity contribution in [1.82, 2.24) is 0 Å². The predicted molar refractivity (Wildman–Crippen MR) is 89.3 cm³/mol. The van der Waals surface area contributed by atoms with Gasteiger partial charge >= 0.3 is 0 Å². The van der Waals surface area contributed by atoms with E-state index in [0.29, 0.717) is 5.02 Å². The van der Waals surface area contributed by atoms with Crippen LogP contribution in [0.2, 0.25) is 5.02 Å². The van der Waals surface area contributed by atoms with E-state index in [1.807, 2.05) is 30.3 Å². The molecule has 0 aliphatic rings. The highest BCUT2D eigenvalue weighted by Crippen LogP contribution is 2.31. The zero-order valence-electron chi connectivity index (χ0n) is 12.6. The van der Waals surface area contributed by atoms with Crippen molar-refractivity contribution < 1.29 is 4.74 Å². The Morgan fingerprint density at radius 1 is 1.10 bits per heavy atom. The maximum atomic E-state index is 6.31. The second kappa shape index (κ2) is 7.48. The van der Waals surface area contributed by atoms with E-state index in [1.54, 1.807) is 0 Å². The van der Waals surface area contributed by atoms with Gasteiger partial charge < -0.3 is 10.5 Å². The van der Waals surface area contributed by atoms with Crippen LogP contribution in [0.15, 0.2) is 42.5 Å². The summed E-state index contributed by atoms with van der Waals surface area (Å²) in [6.07, 6.45) is 2.66. The van der Waals surface area contributed by atoms with Crippen molar-refractivity contribution in [2.24, 2.45) is 5.73 Å². The minimum Gasteiger partial charge on any atom is -0.457 e. The van der Waals surface area contributed by atoms with Crippen molar-refractivity contribution in [3.8, 4) is 11.5 Å². The Morgan fingerprint density at radius 3 is 2.43 bits per heavy atom. The fraction of sp³-hybridized carbons (Fsp3) is 0.333. The summed E-state index contributed by atoms with van der Waals surface area (Å²) in [7, 11) is 0. The number of hydrogen-bond donors (Lipinski definition) is 1. The lowest BCUT2D eigenvalue weighted by Gasteiger charge is -2.15. The monoisotopic (exact) mass is 303 g/mol. The summed E-state index contributed by atoms with van der Waals surface area (Å²) in [5.74, 6) is 1.61. The number of nitrogens with two attached hydrogens (primary N) is 1. The lowest BCUT2D eigenvalue weighted by molar-refractivity contribution is 0.472. The van der Waals surface area contributed by atoms with Crippen LogP contribution in [-0.2, 0) is 12.8 Å². The Kier molecular flexibility index (Phi) is 5.66. The number of benzene rings is 2. The molecule has 2 nitrogen and oxygen atoms in total. The molecule has 3 heteroatoms. The lowest BCUT2D eigenvalue weighted by Crippen LogP contribution is -2.21. The molecule has 1 unspecified atom stereocenters. The summed E-state index contributed by atoms with van der Waals surface area (Å²) in [6.45, 7) is 4.21. The van der Waals surface area contributed by atoms with Crippen molar-refractivity contribution in [2.75, 3.05) is 0 Å². The maximum absolute atomic E-state index is 6.31. The Bertz CT molecular complexity index is 580. The molecule has 2 N–H and O–H groups in total. The first-order valence-corrected chi connectivity index (χ1v) is 7.81. The summed E-state index contributed by atoms with van der Waals surface area (Å²) >= 11 is 6.31. The Labute approximate surface area is 131 Å². The minimum atomic E-state index is 0.0923. The van der Waals surface area contributed by atoms with Crippen LogP contribution in [0.4, 0.5) is 0 Å². The highest BCUT2D eigenvalue weighted by atomic mass is 35.5. The van der Waals surface area contributed by atoms with E-state index in [-0.39, 0.29) is 6.04 Å². The van der Waals surface area contributed by atoms with Crippen LogP contribution < -0.4 is 10.5 Å². The molecule has 21 heavy (non-hydrogen) atoms. The number of rotatable bonds is 6. The van der Waals surface area contributed by atoms with Crippen molar-refractivity contribution in [1.29, 1.82) is 0 Å². The van der Waals surface area contributed by atoms with Crippen molar-refractivity contribution in [2.45, 2.75) is 39.2 Å². The summed E-state index contributed by atoms with van der Waals surface area (Å²) in [5.41, 5.74) is 8.33. The molecule has 0 saturated heterocycles. The number of hydrogen-bond acceptors (Lipinski definition) is 2. The van der Waals surface area contributed by atoms with E-state index in [4.69, 9.17) is 22.1 Å². The van der Waals surface area contributed by atoms with Gasteiger partial charge in [-0.15, -0.1) is 0 Å². The van der Waals surface area contributed by atoms with Gasteiger partial charge in [0, 0.05) is 16.6 Å². The van der Waals surface area contributed by atoms with Gasteiger partial charge in [0.25, 0.3) is 0 Å². The highest BCUT2D eigenvalue weighted by Gasteiger charge is 2.12. The molecule has 2 rings (SSSR count). The quantitative estimate of drug-likeness (QED) is 0.817. The molecule has 0 heterocycles. The predicted octanol–water partition coefficient (Wildman–Crippen LogP) is 4.97. The molecular formula is C18H22ClNO. The van der Waals surface area contributed by atoms with Gasteiger partial charge in [0.05, 0.1) is 0 Å². The zero-order chi connectivity index (χ0) is 15.2. The van der Waals surface area contributed by atoms with Crippen LogP contribution in [0.3, 0.4) is 0 Å². The van der Waals surface area contributed by atoms with Gasteiger partial charge in [-0.3, -0.25) is 0 Å². The average molecular weight is 304 g/mol. The number of halogens is 1. The summed E-state index contributed by atoms with van der Waals surface area (Å²) in [4.78, 5) is 0. The summed E-state index contributed by atoms with van der Waals surface area (Å²) in [5, 5.41) is 0.710. The third-order valence-electron chi connectivity index (χ3n) is 3.63. The van der Waals surface area contributed by atoms with Gasteiger partial charge in [-0.05, 0) is 49.1 Å². The molecule has 112 valence electrons. The fourth-order valence-corrected chi connectivity index (χ4v) is 2.40. The van der Waals surface area contributed by atoms with E-state index < -0.39 is 0 Å². The second-order valence-corrected chi connectivity index (χ2v) is 5.60. The molecule has 1 atom stereocenters. The second-order valence-electron chi connectivity index (χ2n) is 5.19. The molecular weight excluding hydrogens is 282 g/mol. The lowest BCUT2D eigenvalue weighted by atomic mass is 10.0. The Morgan fingerprint density at radius 2 is 1.81 bits per heavy atom. The molecule has 0 bridgehead atoms. The third-order valence-corrected chi connectivity index (χ3v) is 3.98. The molecule has 0 amide bonds. The van der Waals surface area contributed by atoms with Crippen molar-refractivity contribution in [3.05, 3.63) is 58.6 Å². The van der Waals surface area contributed by atoms with E-state index in [0.717, 1.165) is 36.3 Å². The van der Waals surface area contributed by atoms with Crippen molar-refractivity contribution in [3.63, 3.8) is 0 Å². The van der Waals surface area contributed by atoms with Gasteiger partial charge in [-0.25, -0.2) is 0 Å². The third kappa shape index (κ3) is 4.23. The van der Waals surface area contributed by atoms with E-state index in [9.17, 15) is 0 Å². The Hall–Kier alpha value is -1.51. The van der Waals surface area contributed by atoms with Gasteiger partial charge in [0.15, 0.2) is 0 Å². The first-order chi connectivity index (χ1) is 10.1. The van der Waals surface area contributed by atoms with Crippen LogP contribution >= 0.6 is 11.6 Å². The van der Waals surface area contributed by atoms with E-state index in [1.165, 1.54) is 5.56 Å². The van der Waals surface area contributed by atoms with Crippen LogP contribution in [0.1, 0.15) is 31.4 Å². The normalized spacial score (nSPS) is 12.2. The van der Waals surface area contributed by atoms with Crippen LogP contribution in [0.5, 0.6) is 11.5 Å². The molecule has 0 aliphatic carbocycles. The van der Waals surface area contributed by atoms with E-state index >= 15 is 0 Å². The van der Waals surface area contributed by atoms with Gasteiger partial charge in [-0.2, -0.15) is 0 Å². The average Bonchev–Trinajstić information content (AvgIpc) is 2.51. The summed E-state index contributed by atoms with van der Waals surface area (Å²) < 4.78 is 6.00. The molecule has 2 aromatic carbocycles. The van der Waals surface area contributed by atoms with Crippen LogP contribution in [-0.4, -0.2) is 6.04 Å². The zero-order valence-corrected chi connectivity index (χ0v) is 13.4. The standard InChI is InChI=1S/C18H22ClNO/c1-3-13-8-10-15(11-9-13)21-18-7-5-6-17(19)16(18)12-14(20)4-2/h5-11,14H,3-4,12,20H2,1-2H3. The van der Waals surface area contributed by atoms with Crippen molar-refractivity contribution >= 4 is 11.6 Å². The van der Waals surface area contributed by atoms with Crippen LogP contribution in [0, 0.1) is 0 Å². The molecule has 0 radical (unpaired) electrons. The van der Waals surface area contributed by atoms with Gasteiger partial charge in [-0.1, -0.05) is 43.6 Å². The maximum Gasteiger partial charge on any atom is 0.132 e. The smallest absolute Gasteiger partial charge is 0.132 e. The number of aryl methyl sites for hydroxylation is 1. The summed E-state index contributed by atoms with van der Waals surface area (Å²) in [6, 6.07) is 14.0. The largest absolute Gasteiger partial charge is 0.457 e. The molecule has 0 spiro atoms. The van der Waals surface area contributed by atoms with Crippen LogP contribution in [0.25, 0.3) is 0 Å². The molecule has 0 saturated carbocycles. The fourth-order valence-electron chi connectivity index (χ4n) is 2.16.